The fraction of sp³-hybridized carbons (Fsp3) is 0.238. The van der Waals surface area contributed by atoms with Gasteiger partial charge in [-0.1, -0.05) is 26.8 Å². The van der Waals surface area contributed by atoms with Crippen molar-refractivity contribution in [2.75, 3.05) is 4.72 Å². The molecule has 1 aromatic carbocycles. The zero-order valence-corrected chi connectivity index (χ0v) is 20.6. The number of aryl methyl sites for hydroxylation is 1. The number of nitrogens with one attached hydrogen (secondary N) is 1. The van der Waals surface area contributed by atoms with Gasteiger partial charge in [-0.2, -0.15) is 8.42 Å². The molecule has 0 aliphatic carbocycles. The van der Waals surface area contributed by atoms with Gasteiger partial charge in [0.25, 0.3) is 10.0 Å². The molecule has 3 aromatic heterocycles. The molecule has 0 amide bonds. The van der Waals surface area contributed by atoms with Crippen LogP contribution >= 0.6 is 22.9 Å². The quantitative estimate of drug-likeness (QED) is 0.386. The van der Waals surface area contributed by atoms with Crippen molar-refractivity contribution < 1.29 is 12.8 Å². The van der Waals surface area contributed by atoms with Crippen LogP contribution in [0.5, 0.6) is 0 Å². The average molecular weight is 507 g/mol. The van der Waals surface area contributed by atoms with Gasteiger partial charge in [0, 0.05) is 36.6 Å². The summed E-state index contributed by atoms with van der Waals surface area (Å²) in [5.74, 6) is -0.762. The van der Waals surface area contributed by atoms with Gasteiger partial charge in [0.15, 0.2) is 5.82 Å². The Labute approximate surface area is 199 Å². The summed E-state index contributed by atoms with van der Waals surface area (Å²) in [5.41, 5.74) is 0.452. The summed E-state index contributed by atoms with van der Waals surface area (Å²) in [7, 11) is -2.56. The highest BCUT2D eigenvalue weighted by Gasteiger charge is 2.27. The van der Waals surface area contributed by atoms with Crippen LogP contribution in [-0.4, -0.2) is 32.9 Å². The second-order valence-electron chi connectivity index (χ2n) is 8.25. The summed E-state index contributed by atoms with van der Waals surface area (Å²) in [6.45, 7) is 6.00. The third-order valence-electron chi connectivity index (χ3n) is 4.64. The number of aromatic nitrogens is 5. The molecule has 12 heteroatoms. The zero-order valence-electron chi connectivity index (χ0n) is 18.2. The Bertz CT molecular complexity index is 1440. The van der Waals surface area contributed by atoms with Crippen molar-refractivity contribution >= 4 is 38.6 Å². The topological polar surface area (TPSA) is 103 Å². The maximum Gasteiger partial charge on any atom is 0.296 e. The highest BCUT2D eigenvalue weighted by molar-refractivity contribution is 7.92. The molecule has 3 heterocycles. The van der Waals surface area contributed by atoms with Gasteiger partial charge in [-0.25, -0.2) is 24.3 Å². The largest absolute Gasteiger partial charge is 0.323 e. The van der Waals surface area contributed by atoms with Gasteiger partial charge >= 0.3 is 0 Å². The lowest BCUT2D eigenvalue weighted by atomic mass is 9.98. The van der Waals surface area contributed by atoms with Gasteiger partial charge in [0.1, 0.15) is 0 Å². The van der Waals surface area contributed by atoms with Crippen molar-refractivity contribution in [3.8, 4) is 21.8 Å². The molecule has 0 unspecified atom stereocenters. The fourth-order valence-electron chi connectivity index (χ4n) is 3.05. The number of anilines is 1. The van der Waals surface area contributed by atoms with E-state index in [1.165, 1.54) is 47.6 Å². The second-order valence-corrected chi connectivity index (χ2v) is 11.2. The van der Waals surface area contributed by atoms with Crippen molar-refractivity contribution in [2.24, 2.45) is 7.05 Å². The molecule has 0 atom stereocenters. The molecular formula is C21H20ClFN6O2S2. The van der Waals surface area contributed by atoms with Crippen molar-refractivity contribution in [1.29, 1.82) is 0 Å². The number of imidazole rings is 1. The Morgan fingerprint density at radius 1 is 1.12 bits per heavy atom. The molecule has 0 spiro atoms. The molecule has 1 N–H and O–H groups in total. The van der Waals surface area contributed by atoms with Crippen molar-refractivity contribution in [3.05, 3.63) is 59.0 Å². The molecule has 0 saturated heterocycles. The summed E-state index contributed by atoms with van der Waals surface area (Å²) in [4.78, 5) is 17.3. The van der Waals surface area contributed by atoms with E-state index in [0.717, 1.165) is 5.01 Å². The fourth-order valence-corrected chi connectivity index (χ4v) is 5.49. The number of hydrogen-bond donors (Lipinski definition) is 1. The first-order chi connectivity index (χ1) is 15.5. The van der Waals surface area contributed by atoms with Crippen LogP contribution < -0.4 is 4.72 Å². The van der Waals surface area contributed by atoms with E-state index in [2.05, 4.69) is 19.7 Å². The Balaban J connectivity index is 1.85. The monoisotopic (exact) mass is 506 g/mol. The van der Waals surface area contributed by atoms with Gasteiger partial charge in [-0.3, -0.25) is 4.72 Å². The first kappa shape index (κ1) is 23.3. The average Bonchev–Trinajstić information content (AvgIpc) is 3.36. The number of nitrogens with zero attached hydrogens (tertiary/aromatic N) is 5. The van der Waals surface area contributed by atoms with E-state index in [1.54, 1.807) is 18.2 Å². The Morgan fingerprint density at radius 2 is 1.88 bits per heavy atom. The molecule has 0 radical (unpaired) electrons. The van der Waals surface area contributed by atoms with Gasteiger partial charge < -0.3 is 4.57 Å². The van der Waals surface area contributed by atoms with Crippen LogP contribution in [0.1, 0.15) is 25.8 Å². The van der Waals surface area contributed by atoms with Crippen LogP contribution in [0.4, 0.5) is 10.1 Å². The molecule has 0 aliphatic rings. The summed E-state index contributed by atoms with van der Waals surface area (Å²) in [6.07, 6.45) is 4.35. The van der Waals surface area contributed by atoms with Gasteiger partial charge in [0.2, 0.25) is 10.4 Å². The van der Waals surface area contributed by atoms with E-state index < -0.39 is 15.8 Å². The maximum absolute atomic E-state index is 15.7. The zero-order chi connectivity index (χ0) is 24.0. The number of halogens is 2. The van der Waals surface area contributed by atoms with Crippen LogP contribution in [0.25, 0.3) is 21.8 Å². The molecule has 0 fully saturated rings. The third kappa shape index (κ3) is 4.61. The molecule has 8 nitrogen and oxygen atoms in total. The predicted octanol–water partition coefficient (Wildman–Crippen LogP) is 4.89. The van der Waals surface area contributed by atoms with Crippen LogP contribution in [0, 0.1) is 5.82 Å². The third-order valence-corrected chi connectivity index (χ3v) is 7.69. The van der Waals surface area contributed by atoms with E-state index in [-0.39, 0.29) is 27.1 Å². The van der Waals surface area contributed by atoms with Gasteiger partial charge in [-0.05, 0) is 29.8 Å². The van der Waals surface area contributed by atoms with Crippen molar-refractivity contribution in [3.63, 3.8) is 0 Å². The summed E-state index contributed by atoms with van der Waals surface area (Å²) in [6, 6.07) is 6.11. The Morgan fingerprint density at radius 3 is 2.52 bits per heavy atom. The van der Waals surface area contributed by atoms with E-state index in [0.29, 0.717) is 16.3 Å². The summed E-state index contributed by atoms with van der Waals surface area (Å²) in [5, 5.41) is 0.592. The maximum atomic E-state index is 15.7. The number of thiazole rings is 1. The normalized spacial score (nSPS) is 12.2. The molecule has 4 aromatic rings. The van der Waals surface area contributed by atoms with E-state index in [9.17, 15) is 8.42 Å². The van der Waals surface area contributed by atoms with Crippen LogP contribution in [0.15, 0.2) is 48.0 Å². The Hall–Kier alpha value is -2.89. The van der Waals surface area contributed by atoms with E-state index >= 15 is 4.39 Å². The first-order valence-electron chi connectivity index (χ1n) is 9.76. The van der Waals surface area contributed by atoms with Crippen molar-refractivity contribution in [2.45, 2.75) is 31.3 Å². The van der Waals surface area contributed by atoms with Crippen LogP contribution in [0.3, 0.4) is 0 Å². The SMILES string of the molecule is Cn1ccnc1S(=O)(=O)Nc1cccc(-c2nc(C(C)(C)C)sc2-c2ccnc(Cl)n2)c1F. The summed E-state index contributed by atoms with van der Waals surface area (Å²) >= 11 is 7.36. The minimum Gasteiger partial charge on any atom is -0.323 e. The van der Waals surface area contributed by atoms with Crippen LogP contribution in [0.2, 0.25) is 5.28 Å². The van der Waals surface area contributed by atoms with Gasteiger partial charge in [0.05, 0.1) is 27.0 Å². The predicted molar refractivity (Wildman–Crippen MR) is 126 cm³/mol. The molecule has 0 bridgehead atoms. The van der Waals surface area contributed by atoms with Gasteiger partial charge in [-0.15, -0.1) is 11.3 Å². The number of rotatable bonds is 5. The number of benzene rings is 1. The standard InChI is InChI=1S/C21H20ClFN6O2S2/c1-21(2,3)18-27-16(17(32-18)14-8-9-24-19(22)26-14)12-6-5-7-13(15(12)23)28-33(30,31)20-25-10-11-29(20)4/h5-11,28H,1-4H3. The Kier molecular flexibility index (Phi) is 5.97. The lowest BCUT2D eigenvalue weighted by Gasteiger charge is -2.13. The minimum absolute atomic E-state index is 0.0567. The second kappa shape index (κ2) is 8.47. The highest BCUT2D eigenvalue weighted by Crippen LogP contribution is 2.42. The molecule has 172 valence electrons. The van der Waals surface area contributed by atoms with E-state index in [4.69, 9.17) is 16.6 Å². The molecule has 33 heavy (non-hydrogen) atoms. The summed E-state index contributed by atoms with van der Waals surface area (Å²) < 4.78 is 44.8. The first-order valence-corrected chi connectivity index (χ1v) is 12.4. The van der Waals surface area contributed by atoms with Crippen LogP contribution in [-0.2, 0) is 22.5 Å². The lowest BCUT2D eigenvalue weighted by Crippen LogP contribution is -2.18. The van der Waals surface area contributed by atoms with Crippen molar-refractivity contribution in [1.82, 2.24) is 24.5 Å². The number of sulfonamides is 1. The van der Waals surface area contributed by atoms with E-state index in [1.807, 2.05) is 20.8 Å². The lowest BCUT2D eigenvalue weighted by molar-refractivity contribution is 0.582. The number of hydrogen-bond acceptors (Lipinski definition) is 7. The smallest absolute Gasteiger partial charge is 0.296 e. The highest BCUT2D eigenvalue weighted by atomic mass is 35.5. The molecule has 0 saturated carbocycles. The molecule has 4 rings (SSSR count). The molecular weight excluding hydrogens is 487 g/mol. The minimum atomic E-state index is -4.10. The molecule has 0 aliphatic heterocycles.